The van der Waals surface area contributed by atoms with Gasteiger partial charge < -0.3 is 0 Å². The lowest BCUT2D eigenvalue weighted by molar-refractivity contribution is 0.578. The van der Waals surface area contributed by atoms with Crippen LogP contribution in [0.4, 0.5) is 0 Å². The van der Waals surface area contributed by atoms with Crippen LogP contribution in [0.2, 0.25) is 0 Å². The molecule has 1 saturated heterocycles. The van der Waals surface area contributed by atoms with E-state index in [2.05, 4.69) is 12.6 Å². The Bertz CT molecular complexity index is 183. The van der Waals surface area contributed by atoms with E-state index in [4.69, 9.17) is 0 Å². The molecular weight excluding hydrogens is 156 g/mol. The normalized spacial score (nSPS) is 34.1. The standard InChI is InChI=1S/C5H10O2S2/c6-9(7)3-1-2-5(8)4-9/h5,8H,1-4H2/t5-/m0/s1. The maximum Gasteiger partial charge on any atom is 0.151 e. The Morgan fingerprint density at radius 1 is 1.44 bits per heavy atom. The van der Waals surface area contributed by atoms with Crippen LogP contribution in [0.25, 0.3) is 0 Å². The van der Waals surface area contributed by atoms with E-state index >= 15 is 0 Å². The van der Waals surface area contributed by atoms with Crippen LogP contribution in [0.1, 0.15) is 12.8 Å². The highest BCUT2D eigenvalue weighted by Gasteiger charge is 2.21. The fourth-order valence-corrected chi connectivity index (χ4v) is 3.39. The summed E-state index contributed by atoms with van der Waals surface area (Å²) in [5, 5.41) is 0.0868. The minimum Gasteiger partial charge on any atom is -0.229 e. The Balaban J connectivity index is 2.62. The molecule has 1 atom stereocenters. The van der Waals surface area contributed by atoms with Crippen molar-refractivity contribution in [2.75, 3.05) is 11.5 Å². The summed E-state index contributed by atoms with van der Waals surface area (Å²) in [6.45, 7) is 0. The van der Waals surface area contributed by atoms with Crippen molar-refractivity contribution < 1.29 is 8.42 Å². The van der Waals surface area contributed by atoms with Crippen LogP contribution in [0.5, 0.6) is 0 Å². The predicted molar refractivity (Wildman–Crippen MR) is 40.7 cm³/mol. The van der Waals surface area contributed by atoms with Gasteiger partial charge in [0.15, 0.2) is 9.84 Å². The first-order valence-electron chi connectivity index (χ1n) is 2.99. The van der Waals surface area contributed by atoms with Gasteiger partial charge in [-0.2, -0.15) is 12.6 Å². The molecule has 0 unspecified atom stereocenters. The molecule has 1 rings (SSSR count). The van der Waals surface area contributed by atoms with Crippen LogP contribution < -0.4 is 0 Å². The summed E-state index contributed by atoms with van der Waals surface area (Å²) in [7, 11) is -2.71. The average molecular weight is 166 g/mol. The van der Waals surface area contributed by atoms with E-state index in [-0.39, 0.29) is 11.0 Å². The fourth-order valence-electron chi connectivity index (χ4n) is 0.999. The zero-order valence-electron chi connectivity index (χ0n) is 5.08. The molecule has 0 aromatic heterocycles. The van der Waals surface area contributed by atoms with E-state index in [1.165, 1.54) is 0 Å². The van der Waals surface area contributed by atoms with Gasteiger partial charge in [-0.05, 0) is 12.8 Å². The molecule has 9 heavy (non-hydrogen) atoms. The Morgan fingerprint density at radius 2 is 2.11 bits per heavy atom. The molecule has 0 amide bonds. The Hall–Kier alpha value is 0.300. The first-order chi connectivity index (χ1) is 4.10. The van der Waals surface area contributed by atoms with E-state index in [0.717, 1.165) is 12.8 Å². The minimum atomic E-state index is -2.71. The summed E-state index contributed by atoms with van der Waals surface area (Å²) >= 11 is 4.10. The van der Waals surface area contributed by atoms with Gasteiger partial charge in [-0.3, -0.25) is 0 Å². The lowest BCUT2D eigenvalue weighted by Gasteiger charge is -2.16. The van der Waals surface area contributed by atoms with Crippen molar-refractivity contribution in [2.24, 2.45) is 0 Å². The third-order valence-electron chi connectivity index (χ3n) is 1.44. The zero-order valence-corrected chi connectivity index (χ0v) is 6.79. The van der Waals surface area contributed by atoms with Crippen LogP contribution in [-0.2, 0) is 9.84 Å². The van der Waals surface area contributed by atoms with Gasteiger partial charge in [0.2, 0.25) is 0 Å². The number of thiol groups is 1. The summed E-state index contributed by atoms with van der Waals surface area (Å²) in [4.78, 5) is 0. The van der Waals surface area contributed by atoms with Crippen LogP contribution in [0.15, 0.2) is 0 Å². The largest absolute Gasteiger partial charge is 0.229 e. The van der Waals surface area contributed by atoms with E-state index in [1.807, 2.05) is 0 Å². The maximum absolute atomic E-state index is 10.8. The minimum absolute atomic E-state index is 0.0868. The lowest BCUT2D eigenvalue weighted by Crippen LogP contribution is -2.25. The monoisotopic (exact) mass is 166 g/mol. The maximum atomic E-state index is 10.8. The van der Waals surface area contributed by atoms with Crippen LogP contribution >= 0.6 is 12.6 Å². The molecule has 4 heteroatoms. The zero-order chi connectivity index (χ0) is 6.91. The Morgan fingerprint density at radius 3 is 2.44 bits per heavy atom. The lowest BCUT2D eigenvalue weighted by atomic mass is 10.3. The first-order valence-corrected chi connectivity index (χ1v) is 5.32. The highest BCUT2D eigenvalue weighted by atomic mass is 32.2. The Labute approximate surface area is 61.0 Å². The number of rotatable bonds is 0. The second-order valence-corrected chi connectivity index (χ2v) is 5.37. The average Bonchev–Trinajstić information content (AvgIpc) is 1.60. The van der Waals surface area contributed by atoms with Crippen molar-refractivity contribution in [2.45, 2.75) is 18.1 Å². The molecule has 2 nitrogen and oxygen atoms in total. The smallest absolute Gasteiger partial charge is 0.151 e. The van der Waals surface area contributed by atoms with Gasteiger partial charge >= 0.3 is 0 Å². The number of sulfone groups is 1. The van der Waals surface area contributed by atoms with Gasteiger partial charge in [-0.25, -0.2) is 8.42 Å². The molecular formula is C5H10O2S2. The third-order valence-corrected chi connectivity index (χ3v) is 3.95. The quantitative estimate of drug-likeness (QED) is 0.532. The summed E-state index contributed by atoms with van der Waals surface area (Å²) < 4.78 is 21.6. The molecule has 54 valence electrons. The van der Waals surface area contributed by atoms with Crippen LogP contribution in [0.3, 0.4) is 0 Å². The van der Waals surface area contributed by atoms with Crippen molar-refractivity contribution in [3.8, 4) is 0 Å². The molecule has 1 aliphatic heterocycles. The predicted octanol–water partition coefficient (Wildman–Crippen LogP) is 0.493. The molecule has 0 aromatic carbocycles. The highest BCUT2D eigenvalue weighted by molar-refractivity contribution is 7.92. The molecule has 0 spiro atoms. The Kier molecular flexibility index (Phi) is 2.06. The molecule has 1 aliphatic rings. The van der Waals surface area contributed by atoms with Crippen molar-refractivity contribution in [3.05, 3.63) is 0 Å². The topological polar surface area (TPSA) is 34.1 Å². The molecule has 0 saturated carbocycles. The van der Waals surface area contributed by atoms with Gasteiger partial charge in [0.05, 0.1) is 11.5 Å². The third kappa shape index (κ3) is 2.18. The van der Waals surface area contributed by atoms with Crippen molar-refractivity contribution in [3.63, 3.8) is 0 Å². The molecule has 0 aromatic rings. The van der Waals surface area contributed by atoms with Crippen LogP contribution in [0, 0.1) is 0 Å². The highest BCUT2D eigenvalue weighted by Crippen LogP contribution is 2.15. The van der Waals surface area contributed by atoms with Crippen molar-refractivity contribution >= 4 is 22.5 Å². The molecule has 1 heterocycles. The number of hydrogen-bond acceptors (Lipinski definition) is 3. The second-order valence-electron chi connectivity index (χ2n) is 2.41. The van der Waals surface area contributed by atoms with Gasteiger partial charge in [0.25, 0.3) is 0 Å². The van der Waals surface area contributed by atoms with Gasteiger partial charge in [0, 0.05) is 5.25 Å². The molecule has 0 N–H and O–H groups in total. The molecule has 0 radical (unpaired) electrons. The van der Waals surface area contributed by atoms with E-state index < -0.39 is 9.84 Å². The molecule has 0 aliphatic carbocycles. The summed E-state index contributed by atoms with van der Waals surface area (Å²) in [6, 6.07) is 0. The fraction of sp³-hybridized carbons (Fsp3) is 1.00. The van der Waals surface area contributed by atoms with E-state index in [0.29, 0.717) is 5.75 Å². The van der Waals surface area contributed by atoms with Gasteiger partial charge in [0.1, 0.15) is 0 Å². The summed E-state index contributed by atoms with van der Waals surface area (Å²) in [5.74, 6) is 0.639. The SMILES string of the molecule is O=S1(=O)CCC[C@H](S)C1. The molecule has 1 fully saturated rings. The van der Waals surface area contributed by atoms with Crippen LogP contribution in [-0.4, -0.2) is 25.2 Å². The summed E-state index contributed by atoms with van der Waals surface area (Å²) in [6.07, 6.45) is 1.73. The first kappa shape index (κ1) is 7.41. The second kappa shape index (κ2) is 2.50. The van der Waals surface area contributed by atoms with E-state index in [9.17, 15) is 8.42 Å². The summed E-state index contributed by atoms with van der Waals surface area (Å²) in [5.41, 5.74) is 0. The van der Waals surface area contributed by atoms with Gasteiger partial charge in [-0.1, -0.05) is 0 Å². The number of hydrogen-bond donors (Lipinski definition) is 1. The molecule has 0 bridgehead atoms. The van der Waals surface area contributed by atoms with Crippen molar-refractivity contribution in [1.82, 2.24) is 0 Å². The van der Waals surface area contributed by atoms with E-state index in [1.54, 1.807) is 0 Å². The van der Waals surface area contributed by atoms with Gasteiger partial charge in [-0.15, -0.1) is 0 Å². The van der Waals surface area contributed by atoms with Crippen molar-refractivity contribution in [1.29, 1.82) is 0 Å².